The lowest BCUT2D eigenvalue weighted by Crippen LogP contribution is -2.43. The van der Waals surface area contributed by atoms with Gasteiger partial charge in [-0.15, -0.1) is 0 Å². The van der Waals surface area contributed by atoms with Crippen molar-refractivity contribution in [1.29, 1.82) is 0 Å². The summed E-state index contributed by atoms with van der Waals surface area (Å²) in [6.45, 7) is 1.11. The number of amides is 1. The second kappa shape index (κ2) is 6.29. The van der Waals surface area contributed by atoms with Gasteiger partial charge in [-0.05, 0) is 35.0 Å². The average Bonchev–Trinajstić information content (AvgIpc) is 2.35. The van der Waals surface area contributed by atoms with E-state index in [4.69, 9.17) is 11.6 Å². The van der Waals surface area contributed by atoms with Gasteiger partial charge in [0, 0.05) is 0 Å². The number of ether oxygens (including phenoxy) is 1. The van der Waals surface area contributed by atoms with E-state index in [1.807, 2.05) is 5.32 Å². The van der Waals surface area contributed by atoms with Crippen molar-refractivity contribution in [1.82, 2.24) is 0 Å². The first-order valence-corrected chi connectivity index (χ1v) is 6.28. The molecule has 0 aliphatic heterocycles. The maximum Gasteiger partial charge on any atom is 0.419 e. The summed E-state index contributed by atoms with van der Waals surface area (Å²) in [5.41, 5.74) is 0.0291. The van der Waals surface area contributed by atoms with Gasteiger partial charge >= 0.3 is 17.8 Å². The molecule has 0 unspecified atom stereocenters. The van der Waals surface area contributed by atoms with Gasteiger partial charge in [0.1, 0.15) is 0 Å². The van der Waals surface area contributed by atoms with Crippen molar-refractivity contribution in [2.45, 2.75) is 12.8 Å². The minimum atomic E-state index is -4.27. The molecule has 1 rings (SSSR count). The minimum Gasteiger partial charge on any atom is -0.461 e. The summed E-state index contributed by atoms with van der Waals surface area (Å²) in [4.78, 5) is 22.4. The molecule has 1 aromatic rings. The minimum absolute atomic E-state index is 0.0291. The predicted molar refractivity (Wildman–Crippen MR) is 69.4 cm³/mol. The first-order chi connectivity index (χ1) is 8.80. The zero-order chi connectivity index (χ0) is 14.6. The zero-order valence-electron chi connectivity index (χ0n) is 9.68. The maximum atomic E-state index is 13.4. The third kappa shape index (κ3) is 3.63. The number of benzene rings is 1. The van der Waals surface area contributed by atoms with E-state index < -0.39 is 17.8 Å². The second-order valence-corrected chi connectivity index (χ2v) is 4.55. The summed E-state index contributed by atoms with van der Waals surface area (Å²) >= 11 is 8.78. The van der Waals surface area contributed by atoms with E-state index in [1.165, 1.54) is 25.1 Å². The van der Waals surface area contributed by atoms with Crippen LogP contribution in [-0.2, 0) is 14.3 Å². The van der Waals surface area contributed by atoms with Crippen LogP contribution in [0.4, 0.5) is 14.5 Å². The van der Waals surface area contributed by atoms with Gasteiger partial charge in [0.15, 0.2) is 0 Å². The van der Waals surface area contributed by atoms with Crippen molar-refractivity contribution in [3.05, 3.63) is 27.7 Å². The fraction of sp³-hybridized carbons (Fsp3) is 0.273. The predicted octanol–water partition coefficient (Wildman–Crippen LogP) is 3.24. The van der Waals surface area contributed by atoms with Crippen LogP contribution in [0.15, 0.2) is 22.7 Å². The number of carbonyl (C=O) groups excluding carboxylic acids is 2. The molecule has 0 atom stereocenters. The maximum absolute atomic E-state index is 13.4. The Balaban J connectivity index is 2.90. The Morgan fingerprint density at radius 3 is 2.68 bits per heavy atom. The van der Waals surface area contributed by atoms with Crippen molar-refractivity contribution in [2.75, 3.05) is 11.9 Å². The van der Waals surface area contributed by atoms with Crippen LogP contribution in [0.25, 0.3) is 0 Å². The Morgan fingerprint density at radius 2 is 2.11 bits per heavy atom. The van der Waals surface area contributed by atoms with Crippen LogP contribution in [0, 0.1) is 0 Å². The molecule has 0 aliphatic rings. The number of hydrogen-bond acceptors (Lipinski definition) is 3. The summed E-state index contributed by atoms with van der Waals surface area (Å²) in [7, 11) is 0. The van der Waals surface area contributed by atoms with Crippen LogP contribution in [-0.4, -0.2) is 24.4 Å². The lowest BCUT2D eigenvalue weighted by atomic mass is 10.2. The summed E-state index contributed by atoms with van der Waals surface area (Å²) in [6.07, 6.45) is 0. The molecular formula is C11H9BrClF2NO3. The van der Waals surface area contributed by atoms with E-state index in [9.17, 15) is 18.4 Å². The van der Waals surface area contributed by atoms with Crippen LogP contribution in [0.2, 0.25) is 5.02 Å². The van der Waals surface area contributed by atoms with Crippen LogP contribution in [0.1, 0.15) is 6.92 Å². The highest BCUT2D eigenvalue weighted by Gasteiger charge is 2.49. The van der Waals surface area contributed by atoms with Crippen molar-refractivity contribution >= 4 is 45.1 Å². The Labute approximate surface area is 121 Å². The van der Waals surface area contributed by atoms with Gasteiger partial charge in [0.2, 0.25) is 0 Å². The first kappa shape index (κ1) is 15.8. The molecule has 0 saturated carbocycles. The number of nitrogens with one attached hydrogen (secondary N) is 1. The van der Waals surface area contributed by atoms with E-state index in [-0.39, 0.29) is 21.8 Å². The van der Waals surface area contributed by atoms with Crippen molar-refractivity contribution in [2.24, 2.45) is 0 Å². The molecule has 1 N–H and O–H groups in total. The van der Waals surface area contributed by atoms with E-state index in [0.29, 0.717) is 0 Å². The smallest absolute Gasteiger partial charge is 0.419 e. The molecule has 0 radical (unpaired) electrons. The number of hydrogen-bond donors (Lipinski definition) is 1. The molecule has 1 amide bonds. The molecule has 0 aliphatic carbocycles. The molecule has 0 spiro atoms. The summed E-state index contributed by atoms with van der Waals surface area (Å²) in [5, 5.41) is 2.14. The molecule has 0 aromatic heterocycles. The zero-order valence-corrected chi connectivity index (χ0v) is 12.0. The molecule has 8 heteroatoms. The van der Waals surface area contributed by atoms with Gasteiger partial charge in [-0.25, -0.2) is 4.79 Å². The fourth-order valence-electron chi connectivity index (χ4n) is 1.12. The largest absolute Gasteiger partial charge is 0.461 e. The molecule has 104 valence electrons. The molecule has 0 heterocycles. The third-order valence-corrected chi connectivity index (χ3v) is 3.41. The third-order valence-electron chi connectivity index (χ3n) is 2.02. The van der Waals surface area contributed by atoms with E-state index in [0.717, 1.165) is 0 Å². The summed E-state index contributed by atoms with van der Waals surface area (Å²) in [6, 6.07) is 4.32. The fourth-order valence-corrected chi connectivity index (χ4v) is 1.65. The topological polar surface area (TPSA) is 55.4 Å². The van der Waals surface area contributed by atoms with Gasteiger partial charge < -0.3 is 10.1 Å². The quantitative estimate of drug-likeness (QED) is 0.665. The van der Waals surface area contributed by atoms with Crippen molar-refractivity contribution in [3.63, 3.8) is 0 Å². The second-order valence-electron chi connectivity index (χ2n) is 3.35. The number of halogens is 4. The van der Waals surface area contributed by atoms with Crippen molar-refractivity contribution < 1.29 is 23.1 Å². The Morgan fingerprint density at radius 1 is 1.47 bits per heavy atom. The molecule has 4 nitrogen and oxygen atoms in total. The summed E-state index contributed by atoms with van der Waals surface area (Å²) in [5.74, 6) is -7.95. The Hall–Kier alpha value is -1.21. The standard InChI is InChI=1S/C11H9BrClF2NO3/c1-2-19-10(18)11(14,15)9(17)16-7-5-3-4-6(13)8(7)12/h3-5H,2H2,1H3,(H,16,17). The number of rotatable bonds is 4. The first-order valence-electron chi connectivity index (χ1n) is 5.11. The van der Waals surface area contributed by atoms with Crippen LogP contribution < -0.4 is 5.32 Å². The molecule has 0 bridgehead atoms. The van der Waals surface area contributed by atoms with Gasteiger partial charge in [0.25, 0.3) is 0 Å². The normalized spacial score (nSPS) is 11.0. The number of carbonyl (C=O) groups is 2. The number of esters is 1. The van der Waals surface area contributed by atoms with Crippen LogP contribution in [0.3, 0.4) is 0 Å². The van der Waals surface area contributed by atoms with Gasteiger partial charge in [0.05, 0.1) is 21.8 Å². The molecule has 19 heavy (non-hydrogen) atoms. The van der Waals surface area contributed by atoms with Crippen LogP contribution >= 0.6 is 27.5 Å². The van der Waals surface area contributed by atoms with Gasteiger partial charge in [-0.3, -0.25) is 4.79 Å². The Kier molecular flexibility index (Phi) is 5.25. The van der Waals surface area contributed by atoms with Crippen molar-refractivity contribution in [3.8, 4) is 0 Å². The van der Waals surface area contributed by atoms with Gasteiger partial charge in [-0.2, -0.15) is 8.78 Å². The van der Waals surface area contributed by atoms with Crippen LogP contribution in [0.5, 0.6) is 0 Å². The van der Waals surface area contributed by atoms with E-state index in [1.54, 1.807) is 0 Å². The number of anilines is 1. The lowest BCUT2D eigenvalue weighted by molar-refractivity contribution is -0.175. The highest BCUT2D eigenvalue weighted by atomic mass is 79.9. The average molecular weight is 357 g/mol. The summed E-state index contributed by atoms with van der Waals surface area (Å²) < 4.78 is 31.1. The van der Waals surface area contributed by atoms with E-state index >= 15 is 0 Å². The Bertz CT molecular complexity index is 511. The highest BCUT2D eigenvalue weighted by Crippen LogP contribution is 2.31. The molecule has 0 saturated heterocycles. The molecule has 1 aromatic carbocycles. The lowest BCUT2D eigenvalue weighted by Gasteiger charge is -2.15. The monoisotopic (exact) mass is 355 g/mol. The van der Waals surface area contributed by atoms with Gasteiger partial charge in [-0.1, -0.05) is 17.7 Å². The highest BCUT2D eigenvalue weighted by molar-refractivity contribution is 9.10. The molecular weight excluding hydrogens is 347 g/mol. The molecule has 0 fully saturated rings. The van der Waals surface area contributed by atoms with E-state index in [2.05, 4.69) is 20.7 Å². The number of alkyl halides is 2. The SMILES string of the molecule is CCOC(=O)C(F)(F)C(=O)Nc1cccc(Cl)c1Br.